The minimum absolute atomic E-state index is 0.406. The maximum atomic E-state index is 11.7. The van der Waals surface area contributed by atoms with Gasteiger partial charge < -0.3 is 0 Å². The van der Waals surface area contributed by atoms with Crippen LogP contribution >= 0.6 is 0 Å². The zero-order valence-corrected chi connectivity index (χ0v) is 9.02. The number of allylic oxidation sites excluding steroid dienone is 2. The molecular weight excluding hydrogens is 160 g/mol. The third kappa shape index (κ3) is 2.68. The first-order chi connectivity index (χ1) is 6.13. The lowest BCUT2D eigenvalue weighted by Crippen LogP contribution is -2.05. The van der Waals surface area contributed by atoms with Gasteiger partial charge in [-0.15, -0.1) is 0 Å². The summed E-state index contributed by atoms with van der Waals surface area (Å²) in [6.45, 7) is 6.45. The van der Waals surface area contributed by atoms with E-state index < -0.39 is 0 Å². The summed E-state index contributed by atoms with van der Waals surface area (Å²) < 4.78 is 0. The standard InChI is InChI=1S/C12H20O/c1-9(2)10(3)11-7-5-4-6-8-12(11)13/h9H,4-8H2,1-3H3/b11-10+. The second-order valence-corrected chi connectivity index (χ2v) is 4.30. The molecule has 0 aromatic heterocycles. The van der Waals surface area contributed by atoms with Crippen molar-refractivity contribution in [3.8, 4) is 0 Å². The molecule has 0 heterocycles. The molecule has 0 amide bonds. The molecule has 0 atom stereocenters. The van der Waals surface area contributed by atoms with E-state index in [2.05, 4.69) is 20.8 Å². The van der Waals surface area contributed by atoms with Crippen LogP contribution in [0.15, 0.2) is 11.1 Å². The van der Waals surface area contributed by atoms with E-state index in [9.17, 15) is 4.79 Å². The van der Waals surface area contributed by atoms with E-state index in [1.165, 1.54) is 18.4 Å². The van der Waals surface area contributed by atoms with Crippen LogP contribution in [0, 0.1) is 5.92 Å². The minimum atomic E-state index is 0.406. The lowest BCUT2D eigenvalue weighted by Gasteiger charge is -2.11. The Kier molecular flexibility index (Phi) is 3.71. The Morgan fingerprint density at radius 2 is 1.77 bits per heavy atom. The average molecular weight is 180 g/mol. The SMILES string of the molecule is C/C(=C1/CCCCCC1=O)C(C)C. The molecule has 0 aromatic carbocycles. The van der Waals surface area contributed by atoms with Crippen molar-refractivity contribution in [3.63, 3.8) is 0 Å². The Morgan fingerprint density at radius 1 is 1.15 bits per heavy atom. The largest absolute Gasteiger partial charge is 0.295 e. The van der Waals surface area contributed by atoms with Crippen LogP contribution < -0.4 is 0 Å². The molecule has 0 aromatic rings. The molecule has 0 unspecified atom stereocenters. The Bertz CT molecular complexity index is 223. The van der Waals surface area contributed by atoms with Gasteiger partial charge in [0.15, 0.2) is 5.78 Å². The normalized spacial score (nSPS) is 23.2. The summed E-state index contributed by atoms with van der Waals surface area (Å²) in [7, 11) is 0. The Morgan fingerprint density at radius 3 is 2.38 bits per heavy atom. The van der Waals surface area contributed by atoms with Crippen molar-refractivity contribution in [2.45, 2.75) is 52.9 Å². The highest BCUT2D eigenvalue weighted by atomic mass is 16.1. The van der Waals surface area contributed by atoms with E-state index >= 15 is 0 Å². The fourth-order valence-electron chi connectivity index (χ4n) is 1.82. The molecular formula is C12H20O. The van der Waals surface area contributed by atoms with Gasteiger partial charge in [-0.3, -0.25) is 4.79 Å². The van der Waals surface area contributed by atoms with Crippen LogP contribution in [-0.4, -0.2) is 5.78 Å². The predicted octanol–water partition coefficient (Wildman–Crippen LogP) is 3.49. The van der Waals surface area contributed by atoms with Crippen molar-refractivity contribution >= 4 is 5.78 Å². The smallest absolute Gasteiger partial charge is 0.158 e. The van der Waals surface area contributed by atoms with Gasteiger partial charge in [0, 0.05) is 6.42 Å². The van der Waals surface area contributed by atoms with E-state index in [0.717, 1.165) is 24.8 Å². The molecule has 1 rings (SSSR count). The second-order valence-electron chi connectivity index (χ2n) is 4.30. The highest BCUT2D eigenvalue weighted by molar-refractivity contribution is 5.96. The fraction of sp³-hybridized carbons (Fsp3) is 0.750. The Labute approximate surface area is 81.2 Å². The predicted molar refractivity (Wildman–Crippen MR) is 55.6 cm³/mol. The third-order valence-electron chi connectivity index (χ3n) is 3.01. The molecule has 1 heteroatoms. The van der Waals surface area contributed by atoms with E-state index in [4.69, 9.17) is 0 Å². The zero-order valence-electron chi connectivity index (χ0n) is 9.02. The van der Waals surface area contributed by atoms with Crippen LogP contribution in [0.2, 0.25) is 0 Å². The van der Waals surface area contributed by atoms with Gasteiger partial charge in [-0.25, -0.2) is 0 Å². The lowest BCUT2D eigenvalue weighted by atomic mass is 9.93. The van der Waals surface area contributed by atoms with Gasteiger partial charge in [0.1, 0.15) is 0 Å². The summed E-state index contributed by atoms with van der Waals surface area (Å²) in [6.07, 6.45) is 5.31. The number of carbonyl (C=O) groups excluding carboxylic acids is 1. The van der Waals surface area contributed by atoms with Gasteiger partial charge >= 0.3 is 0 Å². The molecule has 0 saturated heterocycles. The second kappa shape index (κ2) is 4.59. The maximum absolute atomic E-state index is 11.7. The average Bonchev–Trinajstić information content (AvgIpc) is 2.28. The first-order valence-electron chi connectivity index (χ1n) is 5.35. The Balaban J connectivity index is 2.85. The first-order valence-corrected chi connectivity index (χ1v) is 5.35. The van der Waals surface area contributed by atoms with E-state index in [1.54, 1.807) is 0 Å². The van der Waals surface area contributed by atoms with Gasteiger partial charge in [0.25, 0.3) is 0 Å². The van der Waals surface area contributed by atoms with Gasteiger partial charge in [0.2, 0.25) is 0 Å². The van der Waals surface area contributed by atoms with Crippen molar-refractivity contribution in [2.24, 2.45) is 5.92 Å². The van der Waals surface area contributed by atoms with Crippen LogP contribution in [-0.2, 0) is 4.79 Å². The van der Waals surface area contributed by atoms with Crippen LogP contribution in [0.4, 0.5) is 0 Å². The molecule has 1 nitrogen and oxygen atoms in total. The van der Waals surface area contributed by atoms with Gasteiger partial charge in [-0.1, -0.05) is 25.8 Å². The maximum Gasteiger partial charge on any atom is 0.158 e. The molecule has 1 aliphatic carbocycles. The van der Waals surface area contributed by atoms with Gasteiger partial charge in [0.05, 0.1) is 0 Å². The summed E-state index contributed by atoms with van der Waals surface area (Å²) in [4.78, 5) is 11.7. The number of ketones is 1. The number of hydrogen-bond acceptors (Lipinski definition) is 1. The highest BCUT2D eigenvalue weighted by Gasteiger charge is 2.16. The molecule has 0 bridgehead atoms. The summed E-state index contributed by atoms with van der Waals surface area (Å²) in [5.41, 5.74) is 2.44. The molecule has 0 aliphatic heterocycles. The number of hydrogen-bond donors (Lipinski definition) is 0. The summed E-state index contributed by atoms with van der Waals surface area (Å²) >= 11 is 0. The zero-order chi connectivity index (χ0) is 9.84. The lowest BCUT2D eigenvalue weighted by molar-refractivity contribution is -0.115. The van der Waals surface area contributed by atoms with Crippen molar-refractivity contribution in [1.29, 1.82) is 0 Å². The molecule has 1 saturated carbocycles. The van der Waals surface area contributed by atoms with Crippen molar-refractivity contribution in [2.75, 3.05) is 0 Å². The number of rotatable bonds is 1. The van der Waals surface area contributed by atoms with Crippen LogP contribution in [0.25, 0.3) is 0 Å². The quantitative estimate of drug-likeness (QED) is 0.446. The fourth-order valence-corrected chi connectivity index (χ4v) is 1.82. The molecule has 0 radical (unpaired) electrons. The van der Waals surface area contributed by atoms with Gasteiger partial charge in [-0.05, 0) is 37.7 Å². The van der Waals surface area contributed by atoms with E-state index in [0.29, 0.717) is 11.7 Å². The van der Waals surface area contributed by atoms with Crippen LogP contribution in [0.5, 0.6) is 0 Å². The minimum Gasteiger partial charge on any atom is -0.295 e. The topological polar surface area (TPSA) is 17.1 Å². The molecule has 13 heavy (non-hydrogen) atoms. The number of Topliss-reactive ketones (excluding diaryl/α,β-unsaturated/α-hetero) is 1. The van der Waals surface area contributed by atoms with Crippen molar-refractivity contribution < 1.29 is 4.79 Å². The molecule has 0 N–H and O–H groups in total. The monoisotopic (exact) mass is 180 g/mol. The third-order valence-corrected chi connectivity index (χ3v) is 3.01. The molecule has 0 spiro atoms. The molecule has 1 aliphatic rings. The van der Waals surface area contributed by atoms with Crippen molar-refractivity contribution in [3.05, 3.63) is 11.1 Å². The summed E-state index contributed by atoms with van der Waals surface area (Å²) in [5, 5.41) is 0. The molecule has 74 valence electrons. The molecule has 1 fully saturated rings. The first kappa shape index (κ1) is 10.5. The summed E-state index contributed by atoms with van der Waals surface area (Å²) in [6, 6.07) is 0. The van der Waals surface area contributed by atoms with Crippen LogP contribution in [0.3, 0.4) is 0 Å². The Hall–Kier alpha value is -0.590. The van der Waals surface area contributed by atoms with E-state index in [-0.39, 0.29) is 0 Å². The summed E-state index contributed by atoms with van der Waals surface area (Å²) in [5.74, 6) is 0.931. The number of carbonyl (C=O) groups is 1. The van der Waals surface area contributed by atoms with E-state index in [1.807, 2.05) is 0 Å². The van der Waals surface area contributed by atoms with Gasteiger partial charge in [-0.2, -0.15) is 0 Å². The van der Waals surface area contributed by atoms with Crippen LogP contribution in [0.1, 0.15) is 52.9 Å². The van der Waals surface area contributed by atoms with Crippen molar-refractivity contribution in [1.82, 2.24) is 0 Å². The highest BCUT2D eigenvalue weighted by Crippen LogP contribution is 2.25.